The maximum Gasteiger partial charge on any atom is 0.0544 e. The molecule has 0 spiro atoms. The maximum absolute atomic E-state index is 4.57. The average molecular weight is 276 g/mol. The highest BCUT2D eigenvalue weighted by molar-refractivity contribution is 5.13. The Morgan fingerprint density at radius 3 is 2.60 bits per heavy atom. The van der Waals surface area contributed by atoms with Crippen molar-refractivity contribution in [2.45, 2.75) is 25.9 Å². The van der Waals surface area contributed by atoms with Gasteiger partial charge < -0.3 is 10.2 Å². The van der Waals surface area contributed by atoms with Gasteiger partial charge in [-0.15, -0.1) is 0 Å². The van der Waals surface area contributed by atoms with Crippen LogP contribution in [0.15, 0.2) is 18.3 Å². The molecular weight excluding hydrogens is 248 g/mol. The number of rotatable bonds is 6. The second kappa shape index (κ2) is 7.72. The molecule has 0 unspecified atom stereocenters. The highest BCUT2D eigenvalue weighted by Crippen LogP contribution is 2.19. The van der Waals surface area contributed by atoms with Crippen molar-refractivity contribution in [3.63, 3.8) is 0 Å². The summed E-state index contributed by atoms with van der Waals surface area (Å²) in [5.74, 6) is 0.868. The minimum absolute atomic E-state index is 0.868. The van der Waals surface area contributed by atoms with Crippen molar-refractivity contribution in [3.8, 4) is 0 Å². The topological polar surface area (TPSA) is 31.4 Å². The molecule has 1 aliphatic heterocycles. The molecule has 0 radical (unpaired) electrons. The molecule has 2 heterocycles. The largest absolute Gasteiger partial charge is 0.316 e. The van der Waals surface area contributed by atoms with Crippen LogP contribution in [0.4, 0.5) is 0 Å². The number of hydrogen-bond acceptors (Lipinski definition) is 4. The van der Waals surface area contributed by atoms with E-state index in [9.17, 15) is 0 Å². The van der Waals surface area contributed by atoms with E-state index in [1.807, 2.05) is 13.2 Å². The van der Waals surface area contributed by atoms with Gasteiger partial charge in [0.2, 0.25) is 0 Å². The van der Waals surface area contributed by atoms with Crippen molar-refractivity contribution in [1.29, 1.82) is 0 Å². The van der Waals surface area contributed by atoms with Gasteiger partial charge in [-0.1, -0.05) is 6.07 Å². The fourth-order valence-corrected chi connectivity index (χ4v) is 2.93. The molecule has 1 fully saturated rings. The molecule has 1 aliphatic rings. The summed E-state index contributed by atoms with van der Waals surface area (Å²) in [5.41, 5.74) is 2.44. The molecule has 0 amide bonds. The summed E-state index contributed by atoms with van der Waals surface area (Å²) in [4.78, 5) is 9.41. The third-order valence-corrected chi connectivity index (χ3v) is 3.98. The number of pyridine rings is 1. The molecular formula is C16H28N4. The summed E-state index contributed by atoms with van der Waals surface area (Å²) in [6, 6.07) is 4.34. The molecule has 1 aromatic heterocycles. The van der Waals surface area contributed by atoms with Crippen molar-refractivity contribution < 1.29 is 0 Å². The van der Waals surface area contributed by atoms with E-state index in [0.717, 1.165) is 19.0 Å². The normalized spacial score (nSPS) is 17.8. The van der Waals surface area contributed by atoms with Crippen LogP contribution in [0.5, 0.6) is 0 Å². The quantitative estimate of drug-likeness (QED) is 0.855. The van der Waals surface area contributed by atoms with Crippen molar-refractivity contribution in [2.24, 2.45) is 5.92 Å². The van der Waals surface area contributed by atoms with Gasteiger partial charge in [0, 0.05) is 25.8 Å². The molecule has 4 nitrogen and oxygen atoms in total. The minimum Gasteiger partial charge on any atom is -0.316 e. The second-order valence-electron chi connectivity index (χ2n) is 6.17. The molecule has 0 aromatic carbocycles. The van der Waals surface area contributed by atoms with Crippen LogP contribution in [0.25, 0.3) is 0 Å². The van der Waals surface area contributed by atoms with E-state index in [-0.39, 0.29) is 0 Å². The minimum atomic E-state index is 0.868. The van der Waals surface area contributed by atoms with Gasteiger partial charge >= 0.3 is 0 Å². The molecule has 0 atom stereocenters. The van der Waals surface area contributed by atoms with E-state index in [1.54, 1.807) is 0 Å². The van der Waals surface area contributed by atoms with Gasteiger partial charge in [-0.05, 0) is 64.6 Å². The molecule has 2 rings (SSSR count). The van der Waals surface area contributed by atoms with Crippen LogP contribution >= 0.6 is 0 Å². The Balaban J connectivity index is 1.77. The lowest BCUT2D eigenvalue weighted by Crippen LogP contribution is -2.36. The first-order valence-electron chi connectivity index (χ1n) is 7.63. The maximum atomic E-state index is 4.57. The summed E-state index contributed by atoms with van der Waals surface area (Å²) >= 11 is 0. The van der Waals surface area contributed by atoms with Crippen molar-refractivity contribution in [3.05, 3.63) is 29.6 Å². The number of aromatic nitrogens is 1. The summed E-state index contributed by atoms with van der Waals surface area (Å²) in [6.45, 7) is 5.53. The zero-order chi connectivity index (χ0) is 14.4. The zero-order valence-corrected chi connectivity index (χ0v) is 13.1. The van der Waals surface area contributed by atoms with Crippen LogP contribution < -0.4 is 5.32 Å². The summed E-state index contributed by atoms with van der Waals surface area (Å²) in [5, 5.41) is 3.15. The van der Waals surface area contributed by atoms with E-state index in [2.05, 4.69) is 46.3 Å². The predicted octanol–water partition coefficient (Wildman–Crippen LogP) is 1.57. The second-order valence-corrected chi connectivity index (χ2v) is 6.17. The molecule has 1 saturated heterocycles. The Kier molecular flexibility index (Phi) is 5.95. The number of piperidine rings is 1. The molecule has 0 bridgehead atoms. The summed E-state index contributed by atoms with van der Waals surface area (Å²) < 4.78 is 0. The monoisotopic (exact) mass is 276 g/mol. The van der Waals surface area contributed by atoms with Crippen LogP contribution in [0, 0.1) is 5.92 Å². The van der Waals surface area contributed by atoms with E-state index < -0.39 is 0 Å². The smallest absolute Gasteiger partial charge is 0.0544 e. The Hall–Kier alpha value is -0.970. The van der Waals surface area contributed by atoms with Crippen molar-refractivity contribution >= 4 is 0 Å². The number of nitrogens with one attached hydrogen (secondary N) is 1. The van der Waals surface area contributed by atoms with Gasteiger partial charge in [0.15, 0.2) is 0 Å². The first-order chi connectivity index (χ1) is 9.67. The average Bonchev–Trinajstić information content (AvgIpc) is 2.43. The zero-order valence-electron chi connectivity index (χ0n) is 13.1. The van der Waals surface area contributed by atoms with Crippen LogP contribution in [-0.4, -0.2) is 55.6 Å². The van der Waals surface area contributed by atoms with Crippen LogP contribution in [-0.2, 0) is 13.1 Å². The van der Waals surface area contributed by atoms with E-state index in [0.29, 0.717) is 0 Å². The Morgan fingerprint density at radius 2 is 2.05 bits per heavy atom. The van der Waals surface area contributed by atoms with Crippen LogP contribution in [0.1, 0.15) is 24.1 Å². The van der Waals surface area contributed by atoms with Gasteiger partial charge in [-0.25, -0.2) is 0 Å². The van der Waals surface area contributed by atoms with Crippen LogP contribution in [0.2, 0.25) is 0 Å². The van der Waals surface area contributed by atoms with Gasteiger partial charge in [0.05, 0.1) is 5.69 Å². The molecule has 20 heavy (non-hydrogen) atoms. The lowest BCUT2D eigenvalue weighted by Gasteiger charge is -2.32. The molecule has 0 aliphatic carbocycles. The third kappa shape index (κ3) is 4.85. The summed E-state index contributed by atoms with van der Waals surface area (Å²) in [7, 11) is 6.30. The number of likely N-dealkylation sites (tertiary alicyclic amines) is 1. The molecule has 112 valence electrons. The van der Waals surface area contributed by atoms with Crippen molar-refractivity contribution in [1.82, 2.24) is 20.1 Å². The fraction of sp³-hybridized carbons (Fsp3) is 0.688. The lowest BCUT2D eigenvalue weighted by molar-refractivity contribution is 0.155. The molecule has 0 saturated carbocycles. The van der Waals surface area contributed by atoms with Crippen molar-refractivity contribution in [2.75, 3.05) is 40.8 Å². The highest BCUT2D eigenvalue weighted by Gasteiger charge is 2.19. The SMILES string of the molecule is CNCc1ccc(CN2CCC(CN(C)C)CC2)nc1. The van der Waals surface area contributed by atoms with Crippen LogP contribution in [0.3, 0.4) is 0 Å². The third-order valence-electron chi connectivity index (χ3n) is 3.98. The summed E-state index contributed by atoms with van der Waals surface area (Å²) in [6.07, 6.45) is 4.62. The lowest BCUT2D eigenvalue weighted by atomic mass is 9.96. The number of hydrogen-bond donors (Lipinski definition) is 1. The molecule has 1 N–H and O–H groups in total. The number of nitrogens with zero attached hydrogens (tertiary/aromatic N) is 3. The van der Waals surface area contributed by atoms with Gasteiger partial charge in [0.1, 0.15) is 0 Å². The molecule has 1 aromatic rings. The Labute approximate surface area is 123 Å². The van der Waals surface area contributed by atoms with E-state index >= 15 is 0 Å². The highest BCUT2D eigenvalue weighted by atomic mass is 15.1. The van der Waals surface area contributed by atoms with E-state index in [1.165, 1.54) is 43.7 Å². The first-order valence-corrected chi connectivity index (χ1v) is 7.63. The van der Waals surface area contributed by atoms with Gasteiger partial charge in [-0.2, -0.15) is 0 Å². The Morgan fingerprint density at radius 1 is 1.30 bits per heavy atom. The molecule has 4 heteroatoms. The van der Waals surface area contributed by atoms with Gasteiger partial charge in [0.25, 0.3) is 0 Å². The first kappa shape index (κ1) is 15.4. The standard InChI is InChI=1S/C16H28N4/c1-17-10-15-4-5-16(18-11-15)13-20-8-6-14(7-9-20)12-19(2)3/h4-5,11,14,17H,6-10,12-13H2,1-3H3. The van der Waals surface area contributed by atoms with E-state index in [4.69, 9.17) is 0 Å². The predicted molar refractivity (Wildman–Crippen MR) is 83.6 cm³/mol. The Bertz CT molecular complexity index is 380. The fourth-order valence-electron chi connectivity index (χ4n) is 2.93. The van der Waals surface area contributed by atoms with Gasteiger partial charge in [-0.3, -0.25) is 9.88 Å².